The molecule has 0 spiro atoms. The van der Waals surface area contributed by atoms with Crippen molar-refractivity contribution in [2.75, 3.05) is 0 Å². The number of nitrogens with zero attached hydrogens (tertiary/aromatic N) is 2. The van der Waals surface area contributed by atoms with Gasteiger partial charge in [-0.05, 0) is 48.4 Å². The van der Waals surface area contributed by atoms with Crippen molar-refractivity contribution in [3.8, 4) is 0 Å². The van der Waals surface area contributed by atoms with Crippen LogP contribution in [-0.4, -0.2) is 9.55 Å². The molecule has 0 radical (unpaired) electrons. The van der Waals surface area contributed by atoms with E-state index in [2.05, 4.69) is 31.0 Å². The summed E-state index contributed by atoms with van der Waals surface area (Å²) >= 11 is 1.48. The average molecular weight is 284 g/mol. The first-order valence-electron chi connectivity index (χ1n) is 6.56. The van der Waals surface area contributed by atoms with Gasteiger partial charge in [0.25, 0.3) is 5.56 Å². The third-order valence-electron chi connectivity index (χ3n) is 3.70. The third-order valence-corrected chi connectivity index (χ3v) is 4.77. The van der Waals surface area contributed by atoms with Crippen molar-refractivity contribution in [1.29, 1.82) is 0 Å². The molecule has 20 heavy (non-hydrogen) atoms. The normalized spacial score (nSPS) is 11.2. The van der Waals surface area contributed by atoms with Crippen LogP contribution in [-0.2, 0) is 6.54 Å². The van der Waals surface area contributed by atoms with E-state index in [9.17, 15) is 4.79 Å². The van der Waals surface area contributed by atoms with Crippen molar-refractivity contribution in [3.63, 3.8) is 0 Å². The zero-order valence-corrected chi connectivity index (χ0v) is 12.6. The van der Waals surface area contributed by atoms with Gasteiger partial charge in [0.1, 0.15) is 4.70 Å². The fourth-order valence-corrected chi connectivity index (χ4v) is 3.39. The summed E-state index contributed by atoms with van der Waals surface area (Å²) in [5.41, 5.74) is 5.57. The minimum atomic E-state index is 0.0516. The maximum Gasteiger partial charge on any atom is 0.271 e. The minimum absolute atomic E-state index is 0.0516. The number of fused-ring (bicyclic) bond motifs is 1. The fraction of sp³-hybridized carbons (Fsp3) is 0.250. The van der Waals surface area contributed by atoms with Crippen molar-refractivity contribution >= 4 is 21.6 Å². The predicted molar refractivity (Wildman–Crippen MR) is 83.6 cm³/mol. The molecule has 3 nitrogen and oxygen atoms in total. The molecule has 0 fully saturated rings. The van der Waals surface area contributed by atoms with Crippen LogP contribution in [0.4, 0.5) is 0 Å². The van der Waals surface area contributed by atoms with Crippen molar-refractivity contribution in [1.82, 2.24) is 9.55 Å². The second-order valence-corrected chi connectivity index (χ2v) is 6.02. The summed E-state index contributed by atoms with van der Waals surface area (Å²) in [7, 11) is 0. The Morgan fingerprint density at radius 1 is 1.15 bits per heavy atom. The summed E-state index contributed by atoms with van der Waals surface area (Å²) in [6, 6.07) is 6.20. The number of hydrogen-bond donors (Lipinski definition) is 0. The van der Waals surface area contributed by atoms with E-state index in [-0.39, 0.29) is 5.56 Å². The molecule has 0 bridgehead atoms. The lowest BCUT2D eigenvalue weighted by atomic mass is 10.0. The van der Waals surface area contributed by atoms with Crippen LogP contribution in [0.15, 0.2) is 34.7 Å². The summed E-state index contributed by atoms with van der Waals surface area (Å²) in [6.07, 6.45) is 1.66. The highest BCUT2D eigenvalue weighted by Crippen LogP contribution is 2.20. The molecule has 0 atom stereocenters. The average Bonchev–Trinajstić information content (AvgIpc) is 2.79. The largest absolute Gasteiger partial charge is 0.294 e. The molecule has 0 unspecified atom stereocenters. The molecular formula is C16H16N2OS. The van der Waals surface area contributed by atoms with Gasteiger partial charge < -0.3 is 0 Å². The van der Waals surface area contributed by atoms with Crippen LogP contribution >= 0.6 is 11.3 Å². The Bertz CT molecular complexity index is 825. The highest BCUT2D eigenvalue weighted by atomic mass is 32.1. The molecule has 0 N–H and O–H groups in total. The van der Waals surface area contributed by atoms with Gasteiger partial charge in [-0.15, -0.1) is 11.3 Å². The molecule has 3 aromatic rings. The quantitative estimate of drug-likeness (QED) is 0.722. The first-order chi connectivity index (χ1) is 9.58. The predicted octanol–water partition coefficient (Wildman–Crippen LogP) is 3.43. The smallest absolute Gasteiger partial charge is 0.271 e. The molecule has 3 rings (SSSR count). The first-order valence-corrected chi connectivity index (χ1v) is 7.44. The summed E-state index contributed by atoms with van der Waals surface area (Å²) in [4.78, 5) is 16.9. The van der Waals surface area contributed by atoms with Gasteiger partial charge in [0.2, 0.25) is 0 Å². The van der Waals surface area contributed by atoms with Gasteiger partial charge in [-0.3, -0.25) is 9.36 Å². The van der Waals surface area contributed by atoms with Crippen molar-refractivity contribution in [3.05, 3.63) is 62.5 Å². The summed E-state index contributed by atoms with van der Waals surface area (Å²) in [5, 5.41) is 1.99. The molecule has 0 saturated heterocycles. The van der Waals surface area contributed by atoms with E-state index in [1.165, 1.54) is 28.0 Å². The van der Waals surface area contributed by atoms with Crippen molar-refractivity contribution in [2.24, 2.45) is 0 Å². The van der Waals surface area contributed by atoms with E-state index in [4.69, 9.17) is 0 Å². The van der Waals surface area contributed by atoms with Crippen LogP contribution in [0.2, 0.25) is 0 Å². The first kappa shape index (κ1) is 13.1. The number of hydrogen-bond acceptors (Lipinski definition) is 3. The Hall–Kier alpha value is -1.94. The molecule has 0 saturated carbocycles. The lowest BCUT2D eigenvalue weighted by molar-refractivity contribution is 0.741. The lowest BCUT2D eigenvalue weighted by Gasteiger charge is -2.11. The maximum absolute atomic E-state index is 12.5. The number of aryl methyl sites for hydroxylation is 3. The second kappa shape index (κ2) is 4.87. The van der Waals surface area contributed by atoms with Crippen molar-refractivity contribution in [2.45, 2.75) is 27.3 Å². The fourth-order valence-electron chi connectivity index (χ4n) is 2.44. The Morgan fingerprint density at radius 2 is 1.85 bits per heavy atom. The topological polar surface area (TPSA) is 34.9 Å². The SMILES string of the molecule is Cc1cccc(C)c1Cn1cnc2c(C)csc2c1=O. The number of rotatable bonds is 2. The molecule has 2 heterocycles. The van der Waals surface area contributed by atoms with Crippen LogP contribution in [0.25, 0.3) is 10.2 Å². The second-order valence-electron chi connectivity index (χ2n) is 5.14. The lowest BCUT2D eigenvalue weighted by Crippen LogP contribution is -2.21. The van der Waals surface area contributed by atoms with Gasteiger partial charge in [0, 0.05) is 0 Å². The van der Waals surface area contributed by atoms with Crippen molar-refractivity contribution < 1.29 is 0 Å². The van der Waals surface area contributed by atoms with Gasteiger partial charge in [-0.1, -0.05) is 18.2 Å². The van der Waals surface area contributed by atoms with Gasteiger partial charge in [-0.25, -0.2) is 4.98 Å². The Morgan fingerprint density at radius 3 is 2.55 bits per heavy atom. The summed E-state index contributed by atoms with van der Waals surface area (Å²) < 4.78 is 2.45. The van der Waals surface area contributed by atoms with E-state index in [1.807, 2.05) is 18.4 Å². The molecule has 0 amide bonds. The molecule has 102 valence electrons. The zero-order chi connectivity index (χ0) is 14.3. The Kier molecular flexibility index (Phi) is 3.18. The summed E-state index contributed by atoms with van der Waals surface area (Å²) in [5.74, 6) is 0. The highest BCUT2D eigenvalue weighted by Gasteiger charge is 2.10. The maximum atomic E-state index is 12.5. The number of benzene rings is 1. The van der Waals surface area contributed by atoms with Gasteiger partial charge in [0.15, 0.2) is 0 Å². The molecule has 0 aliphatic carbocycles. The van der Waals surface area contributed by atoms with Gasteiger partial charge >= 0.3 is 0 Å². The third kappa shape index (κ3) is 2.06. The molecule has 0 aliphatic rings. The van der Waals surface area contributed by atoms with Gasteiger partial charge in [0.05, 0.1) is 18.4 Å². The van der Waals surface area contributed by atoms with Gasteiger partial charge in [-0.2, -0.15) is 0 Å². The number of aromatic nitrogens is 2. The Balaban J connectivity index is 2.12. The highest BCUT2D eigenvalue weighted by molar-refractivity contribution is 7.17. The zero-order valence-electron chi connectivity index (χ0n) is 11.8. The van der Waals surface area contributed by atoms with Crippen LogP contribution in [0, 0.1) is 20.8 Å². The molecule has 4 heteroatoms. The van der Waals surface area contributed by atoms with Crippen LogP contribution < -0.4 is 5.56 Å². The van der Waals surface area contributed by atoms with Crippen LogP contribution in [0.5, 0.6) is 0 Å². The van der Waals surface area contributed by atoms with E-state index in [0.717, 1.165) is 15.8 Å². The summed E-state index contributed by atoms with van der Waals surface area (Å²) in [6.45, 7) is 6.72. The Labute approximate surface area is 121 Å². The molecule has 2 aromatic heterocycles. The number of thiophene rings is 1. The standard InChI is InChI=1S/C16H16N2OS/c1-10-5-4-6-11(2)13(10)7-18-9-17-14-12(3)8-20-15(14)16(18)19/h4-6,8-9H,7H2,1-3H3. The minimum Gasteiger partial charge on any atom is -0.294 e. The van der Waals surface area contributed by atoms with E-state index in [0.29, 0.717) is 6.54 Å². The van der Waals surface area contributed by atoms with E-state index in [1.54, 1.807) is 10.9 Å². The van der Waals surface area contributed by atoms with E-state index >= 15 is 0 Å². The van der Waals surface area contributed by atoms with Crippen LogP contribution in [0.3, 0.4) is 0 Å². The van der Waals surface area contributed by atoms with Crippen LogP contribution in [0.1, 0.15) is 22.3 Å². The molecular weight excluding hydrogens is 268 g/mol. The molecule has 0 aliphatic heterocycles. The monoisotopic (exact) mass is 284 g/mol. The van der Waals surface area contributed by atoms with E-state index < -0.39 is 0 Å². The molecule has 1 aromatic carbocycles.